The second-order valence-electron chi connectivity index (χ2n) is 7.19. The van der Waals surface area contributed by atoms with Crippen molar-refractivity contribution in [2.75, 3.05) is 17.2 Å². The van der Waals surface area contributed by atoms with Crippen molar-refractivity contribution in [2.24, 2.45) is 0 Å². The number of pyridine rings is 1. The number of thioether (sulfide) groups is 1. The number of benzene rings is 2. The summed E-state index contributed by atoms with van der Waals surface area (Å²) in [5.41, 5.74) is 2.31. The molecule has 0 saturated carbocycles. The van der Waals surface area contributed by atoms with Crippen LogP contribution in [-0.2, 0) is 11.2 Å². The molecule has 160 valence electrons. The first-order valence-electron chi connectivity index (χ1n) is 9.94. The van der Waals surface area contributed by atoms with E-state index in [4.69, 9.17) is 0 Å². The van der Waals surface area contributed by atoms with E-state index in [1.807, 2.05) is 47.0 Å². The summed E-state index contributed by atoms with van der Waals surface area (Å²) < 4.78 is 29.6. The number of hydrogen-bond acceptors (Lipinski definition) is 5. The van der Waals surface area contributed by atoms with Crippen molar-refractivity contribution in [3.8, 4) is 17.1 Å². The molecule has 0 aliphatic carbocycles. The fraction of sp³-hybridized carbons (Fsp3) is 0.130. The van der Waals surface area contributed by atoms with E-state index in [1.54, 1.807) is 12.4 Å². The molecule has 0 bridgehead atoms. The van der Waals surface area contributed by atoms with Crippen LogP contribution >= 0.6 is 11.8 Å². The van der Waals surface area contributed by atoms with Crippen molar-refractivity contribution < 1.29 is 13.6 Å². The molecule has 4 aromatic rings. The summed E-state index contributed by atoms with van der Waals surface area (Å²) in [5, 5.41) is 9.16. The van der Waals surface area contributed by atoms with Crippen molar-refractivity contribution in [1.29, 1.82) is 0 Å². The van der Waals surface area contributed by atoms with E-state index in [1.165, 1.54) is 22.7 Å². The Morgan fingerprint density at radius 3 is 2.69 bits per heavy atom. The lowest BCUT2D eigenvalue weighted by Crippen LogP contribution is -2.30. The van der Waals surface area contributed by atoms with Gasteiger partial charge in [0, 0.05) is 41.8 Å². The highest BCUT2D eigenvalue weighted by Crippen LogP contribution is 2.33. The lowest BCUT2D eigenvalue weighted by atomic mass is 10.1. The summed E-state index contributed by atoms with van der Waals surface area (Å²) in [5.74, 6) is -0.902. The van der Waals surface area contributed by atoms with Crippen LogP contribution in [0.4, 0.5) is 14.5 Å². The molecule has 0 spiro atoms. The molecule has 5 rings (SSSR count). The summed E-state index contributed by atoms with van der Waals surface area (Å²) in [6, 6.07) is 15.4. The second kappa shape index (κ2) is 8.51. The maximum Gasteiger partial charge on any atom is 0.237 e. The number of carbonyl (C=O) groups is 1. The molecule has 1 amide bonds. The largest absolute Gasteiger partial charge is 0.311 e. The number of carbonyl (C=O) groups excluding carboxylic acids is 1. The summed E-state index contributed by atoms with van der Waals surface area (Å²) in [4.78, 5) is 18.5. The zero-order valence-corrected chi connectivity index (χ0v) is 17.6. The van der Waals surface area contributed by atoms with Crippen LogP contribution in [0.15, 0.2) is 72.1 Å². The van der Waals surface area contributed by atoms with Gasteiger partial charge in [-0.25, -0.2) is 8.78 Å². The molecular weight excluding hydrogens is 432 g/mol. The standard InChI is InChI=1S/C23H17F2N5OS/c24-16-11-19(25)18-8-10-29(20(18)12-16)21(31)14-32-23-28-27-22(15-5-4-9-26-13-15)30(23)17-6-2-1-3-7-17/h1-7,9,11-13H,8,10,14H2. The Labute approximate surface area is 186 Å². The zero-order chi connectivity index (χ0) is 22.1. The summed E-state index contributed by atoms with van der Waals surface area (Å²) in [6.45, 7) is 0.321. The number of amides is 1. The number of halogens is 2. The number of aromatic nitrogens is 4. The van der Waals surface area contributed by atoms with Gasteiger partial charge in [0.15, 0.2) is 11.0 Å². The highest BCUT2D eigenvalue weighted by molar-refractivity contribution is 7.99. The first-order valence-corrected chi connectivity index (χ1v) is 10.9. The molecule has 1 aliphatic heterocycles. The second-order valence-corrected chi connectivity index (χ2v) is 8.13. The van der Waals surface area contributed by atoms with Crippen LogP contribution in [0.25, 0.3) is 17.1 Å². The average molecular weight is 449 g/mol. The van der Waals surface area contributed by atoms with Crippen molar-refractivity contribution in [3.63, 3.8) is 0 Å². The van der Waals surface area contributed by atoms with E-state index < -0.39 is 11.6 Å². The van der Waals surface area contributed by atoms with Crippen molar-refractivity contribution >= 4 is 23.4 Å². The normalized spacial score (nSPS) is 12.8. The molecule has 2 aromatic carbocycles. The fourth-order valence-corrected chi connectivity index (χ4v) is 4.57. The number of para-hydroxylation sites is 1. The third-order valence-corrected chi connectivity index (χ3v) is 6.12. The smallest absolute Gasteiger partial charge is 0.237 e. The Kier molecular flexibility index (Phi) is 5.40. The minimum Gasteiger partial charge on any atom is -0.311 e. The van der Waals surface area contributed by atoms with Gasteiger partial charge in [-0.3, -0.25) is 14.3 Å². The maximum absolute atomic E-state index is 14.0. The maximum atomic E-state index is 14.0. The number of rotatable bonds is 5. The van der Waals surface area contributed by atoms with Crippen LogP contribution in [-0.4, -0.2) is 38.0 Å². The molecule has 0 radical (unpaired) electrons. The minimum absolute atomic E-state index is 0.0512. The molecule has 32 heavy (non-hydrogen) atoms. The molecule has 0 fully saturated rings. The quantitative estimate of drug-likeness (QED) is 0.426. The fourth-order valence-electron chi connectivity index (χ4n) is 3.74. The molecule has 2 aromatic heterocycles. The summed E-state index contributed by atoms with van der Waals surface area (Å²) in [7, 11) is 0. The Hall–Kier alpha value is -3.59. The highest BCUT2D eigenvalue weighted by atomic mass is 32.2. The third kappa shape index (κ3) is 3.75. The van der Waals surface area contributed by atoms with Crippen molar-refractivity contribution in [1.82, 2.24) is 19.7 Å². The molecule has 0 N–H and O–H groups in total. The van der Waals surface area contributed by atoms with Crippen LogP contribution in [0.1, 0.15) is 5.56 Å². The molecule has 0 atom stereocenters. The third-order valence-electron chi connectivity index (χ3n) is 5.21. The van der Waals surface area contributed by atoms with E-state index in [2.05, 4.69) is 15.2 Å². The number of nitrogens with zero attached hydrogens (tertiary/aromatic N) is 5. The monoisotopic (exact) mass is 449 g/mol. The molecule has 0 saturated heterocycles. The molecule has 9 heteroatoms. The van der Waals surface area contributed by atoms with E-state index >= 15 is 0 Å². The molecule has 1 aliphatic rings. The van der Waals surface area contributed by atoms with Gasteiger partial charge in [0.05, 0.1) is 11.4 Å². The van der Waals surface area contributed by atoms with Crippen molar-refractivity contribution in [2.45, 2.75) is 11.6 Å². The lowest BCUT2D eigenvalue weighted by Gasteiger charge is -2.17. The SMILES string of the molecule is O=C(CSc1nnc(-c2cccnc2)n1-c1ccccc1)N1CCc2c(F)cc(F)cc21. The Balaban J connectivity index is 1.43. The van der Waals surface area contributed by atoms with Gasteiger partial charge < -0.3 is 4.90 Å². The predicted molar refractivity (Wildman–Crippen MR) is 118 cm³/mol. The van der Waals surface area contributed by atoms with Gasteiger partial charge >= 0.3 is 0 Å². The van der Waals surface area contributed by atoms with E-state index in [9.17, 15) is 13.6 Å². The van der Waals surface area contributed by atoms with E-state index in [-0.39, 0.29) is 11.7 Å². The molecular formula is C23H17F2N5OS. The zero-order valence-electron chi connectivity index (χ0n) is 16.8. The average Bonchev–Trinajstić information content (AvgIpc) is 3.43. The minimum atomic E-state index is -0.696. The molecule has 0 unspecified atom stereocenters. The number of anilines is 1. The van der Waals surface area contributed by atoms with Crippen LogP contribution in [0.2, 0.25) is 0 Å². The first kappa shape index (κ1) is 20.3. The summed E-state index contributed by atoms with van der Waals surface area (Å²) >= 11 is 1.23. The van der Waals surface area contributed by atoms with Gasteiger partial charge in [0.25, 0.3) is 0 Å². The van der Waals surface area contributed by atoms with Crippen LogP contribution in [0, 0.1) is 11.6 Å². The van der Waals surface area contributed by atoms with Crippen molar-refractivity contribution in [3.05, 3.63) is 84.2 Å². The number of fused-ring (bicyclic) bond motifs is 1. The topological polar surface area (TPSA) is 63.9 Å². The Morgan fingerprint density at radius 1 is 1.06 bits per heavy atom. The predicted octanol–water partition coefficient (Wildman–Crippen LogP) is 4.29. The Bertz CT molecular complexity index is 1280. The van der Waals surface area contributed by atoms with Crippen LogP contribution in [0.5, 0.6) is 0 Å². The highest BCUT2D eigenvalue weighted by Gasteiger charge is 2.28. The van der Waals surface area contributed by atoms with E-state index in [0.29, 0.717) is 35.2 Å². The van der Waals surface area contributed by atoms with Gasteiger partial charge in [0.1, 0.15) is 11.6 Å². The number of hydrogen-bond donors (Lipinski definition) is 0. The molecule has 3 heterocycles. The van der Waals surface area contributed by atoms with Gasteiger partial charge in [0.2, 0.25) is 5.91 Å². The molecule has 6 nitrogen and oxygen atoms in total. The van der Waals surface area contributed by atoms with Gasteiger partial charge in [-0.05, 0) is 36.8 Å². The van der Waals surface area contributed by atoms with Gasteiger partial charge in [-0.15, -0.1) is 10.2 Å². The van der Waals surface area contributed by atoms with E-state index in [0.717, 1.165) is 17.3 Å². The Morgan fingerprint density at radius 2 is 1.91 bits per heavy atom. The van der Waals surface area contributed by atoms with Crippen LogP contribution in [0.3, 0.4) is 0 Å². The lowest BCUT2D eigenvalue weighted by molar-refractivity contribution is -0.116. The van der Waals surface area contributed by atoms with Gasteiger partial charge in [-0.1, -0.05) is 30.0 Å². The first-order chi connectivity index (χ1) is 15.6. The van der Waals surface area contributed by atoms with Crippen LogP contribution < -0.4 is 4.90 Å². The van der Waals surface area contributed by atoms with Gasteiger partial charge in [-0.2, -0.15) is 0 Å². The summed E-state index contributed by atoms with van der Waals surface area (Å²) in [6.07, 6.45) is 3.75.